The van der Waals surface area contributed by atoms with Crippen molar-refractivity contribution in [2.75, 3.05) is 26.7 Å². The first-order valence-electron chi connectivity index (χ1n) is 6.92. The highest BCUT2D eigenvalue weighted by atomic mass is 15.1. The van der Waals surface area contributed by atoms with Gasteiger partial charge in [-0.1, -0.05) is 20.3 Å². The fraction of sp³-hybridized carbons (Fsp3) is 0.929. The van der Waals surface area contributed by atoms with Crippen LogP contribution in [0.5, 0.6) is 0 Å². The van der Waals surface area contributed by atoms with E-state index in [2.05, 4.69) is 37.2 Å². The predicted molar refractivity (Wildman–Crippen MR) is 74.0 cm³/mol. The van der Waals surface area contributed by atoms with Gasteiger partial charge in [0.1, 0.15) is 5.54 Å². The van der Waals surface area contributed by atoms with Crippen LogP contribution in [-0.2, 0) is 0 Å². The molecule has 0 amide bonds. The average molecular weight is 239 g/mol. The zero-order valence-corrected chi connectivity index (χ0v) is 12.1. The third-order valence-corrected chi connectivity index (χ3v) is 3.12. The van der Waals surface area contributed by atoms with Gasteiger partial charge in [-0.3, -0.25) is 5.32 Å². The molecule has 0 saturated carbocycles. The molecule has 3 heteroatoms. The van der Waals surface area contributed by atoms with Crippen molar-refractivity contribution in [3.05, 3.63) is 0 Å². The molecule has 100 valence electrons. The number of nitriles is 1. The van der Waals surface area contributed by atoms with Crippen molar-refractivity contribution in [1.82, 2.24) is 10.2 Å². The van der Waals surface area contributed by atoms with Crippen LogP contribution in [0.3, 0.4) is 0 Å². The van der Waals surface area contributed by atoms with E-state index < -0.39 is 0 Å². The lowest BCUT2D eigenvalue weighted by molar-refractivity contribution is 0.300. The van der Waals surface area contributed by atoms with Crippen molar-refractivity contribution in [1.29, 1.82) is 5.26 Å². The maximum absolute atomic E-state index is 9.19. The normalized spacial score (nSPS) is 14.6. The van der Waals surface area contributed by atoms with Crippen molar-refractivity contribution < 1.29 is 0 Å². The molecule has 0 saturated heterocycles. The van der Waals surface area contributed by atoms with Crippen LogP contribution in [0.15, 0.2) is 0 Å². The smallest absolute Gasteiger partial charge is 0.103 e. The number of hydrogen-bond acceptors (Lipinski definition) is 3. The van der Waals surface area contributed by atoms with Crippen molar-refractivity contribution in [3.8, 4) is 6.07 Å². The Morgan fingerprint density at radius 3 is 2.35 bits per heavy atom. The molecule has 1 unspecified atom stereocenters. The third kappa shape index (κ3) is 8.18. The molecule has 0 rings (SSSR count). The van der Waals surface area contributed by atoms with E-state index in [1.807, 2.05) is 6.92 Å². The summed E-state index contributed by atoms with van der Waals surface area (Å²) in [5.74, 6) is 0. The van der Waals surface area contributed by atoms with Gasteiger partial charge in [-0.25, -0.2) is 0 Å². The summed E-state index contributed by atoms with van der Waals surface area (Å²) >= 11 is 0. The van der Waals surface area contributed by atoms with Crippen molar-refractivity contribution in [2.24, 2.45) is 0 Å². The summed E-state index contributed by atoms with van der Waals surface area (Å²) in [6.07, 6.45) is 5.60. The lowest BCUT2D eigenvalue weighted by Crippen LogP contribution is -2.41. The van der Waals surface area contributed by atoms with Crippen LogP contribution in [0, 0.1) is 11.3 Å². The molecule has 0 fully saturated rings. The highest BCUT2D eigenvalue weighted by molar-refractivity contribution is 5.03. The van der Waals surface area contributed by atoms with Crippen LogP contribution in [0.4, 0.5) is 0 Å². The third-order valence-electron chi connectivity index (χ3n) is 3.12. The molecule has 0 aromatic carbocycles. The number of nitrogens with one attached hydrogen (secondary N) is 1. The zero-order valence-electron chi connectivity index (χ0n) is 12.1. The second-order valence-electron chi connectivity index (χ2n) is 5.13. The summed E-state index contributed by atoms with van der Waals surface area (Å²) in [4.78, 5) is 2.36. The van der Waals surface area contributed by atoms with E-state index >= 15 is 0 Å². The predicted octanol–water partition coefficient (Wildman–Crippen LogP) is 2.78. The minimum atomic E-state index is -0.346. The second kappa shape index (κ2) is 9.44. The molecule has 0 aliphatic heterocycles. The number of rotatable bonds is 10. The minimum absolute atomic E-state index is 0.346. The fourth-order valence-electron chi connectivity index (χ4n) is 1.83. The van der Waals surface area contributed by atoms with E-state index in [0.717, 1.165) is 32.4 Å². The molecule has 0 spiro atoms. The Kier molecular flexibility index (Phi) is 9.11. The maximum Gasteiger partial charge on any atom is 0.103 e. The van der Waals surface area contributed by atoms with Gasteiger partial charge >= 0.3 is 0 Å². The maximum atomic E-state index is 9.19. The first-order chi connectivity index (χ1) is 8.08. The fourth-order valence-corrected chi connectivity index (χ4v) is 1.83. The van der Waals surface area contributed by atoms with E-state index in [1.165, 1.54) is 19.4 Å². The van der Waals surface area contributed by atoms with E-state index in [-0.39, 0.29) is 5.54 Å². The highest BCUT2D eigenvalue weighted by Crippen LogP contribution is 2.11. The van der Waals surface area contributed by atoms with Gasteiger partial charge in [-0.2, -0.15) is 5.26 Å². The SMILES string of the molecule is CCCCN(C)CCCC(C)(C#N)NCCC. The molecule has 3 nitrogen and oxygen atoms in total. The van der Waals surface area contributed by atoms with Gasteiger partial charge in [-0.15, -0.1) is 0 Å². The molecular weight excluding hydrogens is 210 g/mol. The minimum Gasteiger partial charge on any atom is -0.306 e. The molecular formula is C14H29N3. The molecule has 17 heavy (non-hydrogen) atoms. The first-order valence-corrected chi connectivity index (χ1v) is 6.92. The molecule has 0 aliphatic carbocycles. The van der Waals surface area contributed by atoms with Gasteiger partial charge in [0, 0.05) is 0 Å². The van der Waals surface area contributed by atoms with Crippen LogP contribution >= 0.6 is 0 Å². The quantitative estimate of drug-likeness (QED) is 0.637. The van der Waals surface area contributed by atoms with E-state index in [9.17, 15) is 5.26 Å². The van der Waals surface area contributed by atoms with E-state index in [4.69, 9.17) is 0 Å². The Hall–Kier alpha value is -0.590. The van der Waals surface area contributed by atoms with Crippen LogP contribution in [0.1, 0.15) is 52.9 Å². The lowest BCUT2D eigenvalue weighted by Gasteiger charge is -2.24. The summed E-state index contributed by atoms with van der Waals surface area (Å²) in [7, 11) is 2.17. The molecule has 0 aromatic heterocycles. The Balaban J connectivity index is 3.79. The van der Waals surface area contributed by atoms with Crippen LogP contribution in [0.25, 0.3) is 0 Å². The van der Waals surface area contributed by atoms with Gasteiger partial charge in [-0.05, 0) is 59.3 Å². The van der Waals surface area contributed by atoms with Crippen molar-refractivity contribution in [2.45, 2.75) is 58.4 Å². The molecule has 0 aliphatic rings. The first kappa shape index (κ1) is 16.4. The summed E-state index contributed by atoms with van der Waals surface area (Å²) in [5, 5.41) is 12.5. The standard InChI is InChI=1S/C14H29N3/c1-5-7-11-17(4)12-8-9-14(3,13-15)16-10-6-2/h16H,5-12H2,1-4H3. The van der Waals surface area contributed by atoms with Gasteiger partial charge < -0.3 is 4.90 Å². The molecule has 1 N–H and O–H groups in total. The Morgan fingerprint density at radius 1 is 1.18 bits per heavy atom. The molecule has 0 radical (unpaired) electrons. The van der Waals surface area contributed by atoms with Gasteiger partial charge in [0.15, 0.2) is 0 Å². The van der Waals surface area contributed by atoms with Gasteiger partial charge in [0.05, 0.1) is 6.07 Å². The van der Waals surface area contributed by atoms with Crippen LogP contribution in [-0.4, -0.2) is 37.1 Å². The molecule has 0 bridgehead atoms. The lowest BCUT2D eigenvalue weighted by atomic mass is 9.97. The van der Waals surface area contributed by atoms with Gasteiger partial charge in [0.25, 0.3) is 0 Å². The largest absolute Gasteiger partial charge is 0.306 e. The monoisotopic (exact) mass is 239 g/mol. The average Bonchev–Trinajstić information content (AvgIpc) is 2.34. The van der Waals surface area contributed by atoms with Gasteiger partial charge in [0.2, 0.25) is 0 Å². The zero-order chi connectivity index (χ0) is 13.1. The second-order valence-corrected chi connectivity index (χ2v) is 5.13. The molecule has 1 atom stereocenters. The number of unbranched alkanes of at least 4 members (excludes halogenated alkanes) is 1. The van der Waals surface area contributed by atoms with E-state index in [1.54, 1.807) is 0 Å². The summed E-state index contributed by atoms with van der Waals surface area (Å²) in [5.41, 5.74) is -0.346. The van der Waals surface area contributed by atoms with Crippen LogP contribution < -0.4 is 5.32 Å². The Labute approximate surface area is 107 Å². The van der Waals surface area contributed by atoms with E-state index in [0.29, 0.717) is 0 Å². The molecule has 0 aromatic rings. The van der Waals surface area contributed by atoms with Crippen molar-refractivity contribution >= 4 is 0 Å². The molecule has 0 heterocycles. The Morgan fingerprint density at radius 2 is 1.82 bits per heavy atom. The van der Waals surface area contributed by atoms with Crippen LogP contribution in [0.2, 0.25) is 0 Å². The number of hydrogen-bond donors (Lipinski definition) is 1. The summed E-state index contributed by atoms with van der Waals surface area (Å²) in [6, 6.07) is 2.40. The summed E-state index contributed by atoms with van der Waals surface area (Å²) < 4.78 is 0. The van der Waals surface area contributed by atoms with Crippen molar-refractivity contribution in [3.63, 3.8) is 0 Å². The Bertz CT molecular complexity index is 222. The highest BCUT2D eigenvalue weighted by Gasteiger charge is 2.21. The number of nitrogens with zero attached hydrogens (tertiary/aromatic N) is 2. The summed E-state index contributed by atoms with van der Waals surface area (Å²) in [6.45, 7) is 9.54. The topological polar surface area (TPSA) is 39.1 Å².